The number of non-ortho nitro benzene ring substituents is 1. The van der Waals surface area contributed by atoms with Crippen molar-refractivity contribution in [1.29, 1.82) is 0 Å². The van der Waals surface area contributed by atoms with Gasteiger partial charge in [-0.05, 0) is 37.4 Å². The quantitative estimate of drug-likeness (QED) is 0.660. The van der Waals surface area contributed by atoms with Crippen LogP contribution >= 0.6 is 11.6 Å². The molecule has 1 fully saturated rings. The molecular weight excluding hydrogens is 294 g/mol. The number of halogens is 1. The molecule has 0 unspecified atom stereocenters. The van der Waals surface area contributed by atoms with Crippen LogP contribution in [0, 0.1) is 15.5 Å². The lowest BCUT2D eigenvalue weighted by molar-refractivity contribution is -0.384. The van der Waals surface area contributed by atoms with Gasteiger partial charge in [-0.25, -0.2) is 0 Å². The van der Waals surface area contributed by atoms with Gasteiger partial charge in [0.05, 0.1) is 15.5 Å². The van der Waals surface area contributed by atoms with E-state index in [1.54, 1.807) is 0 Å². The average molecular weight is 312 g/mol. The zero-order valence-electron chi connectivity index (χ0n) is 11.8. The van der Waals surface area contributed by atoms with Crippen molar-refractivity contribution >= 4 is 23.2 Å². The van der Waals surface area contributed by atoms with Crippen LogP contribution in [0.5, 0.6) is 0 Å². The summed E-state index contributed by atoms with van der Waals surface area (Å²) in [4.78, 5) is 22.4. The number of piperidine rings is 1. The fraction of sp³-hybridized carbons (Fsp3) is 0.500. The zero-order chi connectivity index (χ0) is 15.5. The normalized spacial score (nSPS) is 17.2. The summed E-state index contributed by atoms with van der Waals surface area (Å²) in [5.74, 6) is -0.372. The third kappa shape index (κ3) is 3.92. The van der Waals surface area contributed by atoms with Gasteiger partial charge in [0.15, 0.2) is 0 Å². The summed E-state index contributed by atoms with van der Waals surface area (Å²) in [5.41, 5.74) is 0.0507. The summed E-state index contributed by atoms with van der Waals surface area (Å²) in [6.45, 7) is 4.53. The van der Waals surface area contributed by atoms with Crippen molar-refractivity contribution < 1.29 is 9.72 Å². The Bertz CT molecular complexity index is 556. The summed E-state index contributed by atoms with van der Waals surface area (Å²) in [5, 5.41) is 17.1. The fourth-order valence-electron chi connectivity index (χ4n) is 2.40. The number of carbonyl (C=O) groups excluding carboxylic acids is 1. The minimum Gasteiger partial charge on any atom is -0.351 e. The van der Waals surface area contributed by atoms with Crippen molar-refractivity contribution in [2.24, 2.45) is 5.41 Å². The monoisotopic (exact) mass is 311 g/mol. The summed E-state index contributed by atoms with van der Waals surface area (Å²) in [6.07, 6.45) is 1.96. The lowest BCUT2D eigenvalue weighted by Crippen LogP contribution is -2.42. The van der Waals surface area contributed by atoms with Crippen LogP contribution < -0.4 is 10.6 Å². The van der Waals surface area contributed by atoms with Gasteiger partial charge in [-0.1, -0.05) is 18.5 Å². The van der Waals surface area contributed by atoms with Crippen molar-refractivity contribution in [3.05, 3.63) is 38.9 Å². The molecule has 1 amide bonds. The first-order chi connectivity index (χ1) is 9.91. The van der Waals surface area contributed by atoms with Gasteiger partial charge in [-0.15, -0.1) is 0 Å². The van der Waals surface area contributed by atoms with E-state index in [0.717, 1.165) is 25.9 Å². The van der Waals surface area contributed by atoms with Crippen LogP contribution in [-0.2, 0) is 0 Å². The summed E-state index contributed by atoms with van der Waals surface area (Å²) in [7, 11) is 0. The standard InChI is InChI=1S/C14H18ClN3O3/c1-14(4-6-16-7-5-14)9-17-13(19)11-8-10(18(20)21)2-3-12(11)15/h2-3,8,16H,4-7,9H2,1H3,(H,17,19). The Hall–Kier alpha value is -1.66. The Labute approximate surface area is 128 Å². The van der Waals surface area contributed by atoms with Gasteiger partial charge in [0.2, 0.25) is 0 Å². The van der Waals surface area contributed by atoms with E-state index in [2.05, 4.69) is 17.6 Å². The molecule has 0 aliphatic carbocycles. The number of benzene rings is 1. The predicted molar refractivity (Wildman–Crippen MR) is 80.7 cm³/mol. The molecule has 7 heteroatoms. The number of nitro groups is 1. The molecule has 0 saturated carbocycles. The van der Waals surface area contributed by atoms with Crippen LogP contribution in [-0.4, -0.2) is 30.5 Å². The van der Waals surface area contributed by atoms with Crippen LogP contribution in [0.1, 0.15) is 30.1 Å². The molecule has 1 saturated heterocycles. The van der Waals surface area contributed by atoms with Crippen molar-refractivity contribution in [3.63, 3.8) is 0 Å². The molecular formula is C14H18ClN3O3. The number of hydrogen-bond donors (Lipinski definition) is 2. The number of nitrogens with zero attached hydrogens (tertiary/aromatic N) is 1. The highest BCUT2D eigenvalue weighted by molar-refractivity contribution is 6.33. The van der Waals surface area contributed by atoms with Gasteiger partial charge in [0.1, 0.15) is 0 Å². The van der Waals surface area contributed by atoms with Crippen molar-refractivity contribution in [2.45, 2.75) is 19.8 Å². The second-order valence-electron chi connectivity index (χ2n) is 5.66. The molecule has 2 rings (SSSR count). The largest absolute Gasteiger partial charge is 0.351 e. The summed E-state index contributed by atoms with van der Waals surface area (Å²) >= 11 is 5.96. The third-order valence-corrected chi connectivity index (χ3v) is 4.22. The maximum absolute atomic E-state index is 12.2. The molecule has 2 N–H and O–H groups in total. The Morgan fingerprint density at radius 1 is 1.48 bits per heavy atom. The minimum atomic E-state index is -0.540. The molecule has 1 aliphatic heterocycles. The maximum atomic E-state index is 12.2. The molecule has 114 valence electrons. The molecule has 0 atom stereocenters. The molecule has 1 aromatic carbocycles. The van der Waals surface area contributed by atoms with E-state index in [-0.39, 0.29) is 27.6 Å². The highest BCUT2D eigenvalue weighted by atomic mass is 35.5. The van der Waals surface area contributed by atoms with Gasteiger partial charge < -0.3 is 10.6 Å². The highest BCUT2D eigenvalue weighted by Crippen LogP contribution is 2.27. The van der Waals surface area contributed by atoms with Crippen molar-refractivity contribution in [3.8, 4) is 0 Å². The number of hydrogen-bond acceptors (Lipinski definition) is 4. The first-order valence-electron chi connectivity index (χ1n) is 6.84. The Morgan fingerprint density at radius 3 is 2.76 bits per heavy atom. The third-order valence-electron chi connectivity index (χ3n) is 3.89. The van der Waals surface area contributed by atoms with Crippen LogP contribution in [0.3, 0.4) is 0 Å². The van der Waals surface area contributed by atoms with Crippen LogP contribution in [0.4, 0.5) is 5.69 Å². The van der Waals surface area contributed by atoms with E-state index in [9.17, 15) is 14.9 Å². The minimum absolute atomic E-state index is 0.0497. The van der Waals surface area contributed by atoms with Gasteiger partial charge in [-0.2, -0.15) is 0 Å². The Kier molecular flexibility index (Phi) is 4.80. The molecule has 0 bridgehead atoms. The van der Waals surface area contributed by atoms with E-state index in [0.29, 0.717) is 6.54 Å². The topological polar surface area (TPSA) is 84.3 Å². The number of amides is 1. The molecule has 1 heterocycles. The van der Waals surface area contributed by atoms with Crippen LogP contribution in [0.2, 0.25) is 5.02 Å². The van der Waals surface area contributed by atoms with Gasteiger partial charge in [0, 0.05) is 18.7 Å². The van der Waals surface area contributed by atoms with Gasteiger partial charge in [0.25, 0.3) is 11.6 Å². The molecule has 1 aliphatic rings. The van der Waals surface area contributed by atoms with Gasteiger partial charge >= 0.3 is 0 Å². The predicted octanol–water partition coefficient (Wildman–Crippen LogP) is 2.37. The summed E-state index contributed by atoms with van der Waals surface area (Å²) in [6, 6.07) is 3.87. The molecule has 6 nitrogen and oxygen atoms in total. The molecule has 21 heavy (non-hydrogen) atoms. The zero-order valence-corrected chi connectivity index (χ0v) is 12.6. The Morgan fingerprint density at radius 2 is 2.14 bits per heavy atom. The van der Waals surface area contributed by atoms with Crippen LogP contribution in [0.25, 0.3) is 0 Å². The number of rotatable bonds is 4. The molecule has 1 aromatic rings. The second kappa shape index (κ2) is 6.41. The van der Waals surface area contributed by atoms with Crippen LogP contribution in [0.15, 0.2) is 18.2 Å². The van der Waals surface area contributed by atoms with E-state index in [1.165, 1.54) is 18.2 Å². The smallest absolute Gasteiger partial charge is 0.270 e. The first kappa shape index (κ1) is 15.7. The van der Waals surface area contributed by atoms with E-state index < -0.39 is 4.92 Å². The van der Waals surface area contributed by atoms with Crippen molar-refractivity contribution in [1.82, 2.24) is 10.6 Å². The van der Waals surface area contributed by atoms with E-state index in [4.69, 9.17) is 11.6 Å². The molecule has 0 aromatic heterocycles. The average Bonchev–Trinajstić information content (AvgIpc) is 2.46. The lowest BCUT2D eigenvalue weighted by Gasteiger charge is -2.34. The second-order valence-corrected chi connectivity index (χ2v) is 6.07. The lowest BCUT2D eigenvalue weighted by atomic mass is 9.81. The Balaban J connectivity index is 2.06. The molecule has 0 spiro atoms. The van der Waals surface area contributed by atoms with E-state index >= 15 is 0 Å². The SMILES string of the molecule is CC1(CNC(=O)c2cc([N+](=O)[O-])ccc2Cl)CCNCC1. The number of nitrogens with one attached hydrogen (secondary N) is 2. The van der Waals surface area contributed by atoms with Gasteiger partial charge in [-0.3, -0.25) is 14.9 Å². The molecule has 0 radical (unpaired) electrons. The number of nitro benzene ring substituents is 1. The van der Waals surface area contributed by atoms with Crippen molar-refractivity contribution in [2.75, 3.05) is 19.6 Å². The fourth-order valence-corrected chi connectivity index (χ4v) is 2.60. The highest BCUT2D eigenvalue weighted by Gasteiger charge is 2.27. The maximum Gasteiger partial charge on any atom is 0.270 e. The number of carbonyl (C=O) groups is 1. The van der Waals surface area contributed by atoms with E-state index in [1.807, 2.05) is 0 Å². The first-order valence-corrected chi connectivity index (χ1v) is 7.22. The summed E-state index contributed by atoms with van der Waals surface area (Å²) < 4.78 is 0.